The number of aryl methyl sites for hydroxylation is 1. The summed E-state index contributed by atoms with van der Waals surface area (Å²) in [6, 6.07) is 14.4. The van der Waals surface area contributed by atoms with E-state index in [1.807, 2.05) is 24.3 Å². The third-order valence-corrected chi connectivity index (χ3v) is 5.10. The van der Waals surface area contributed by atoms with Crippen molar-refractivity contribution < 1.29 is 9.53 Å². The zero-order valence-corrected chi connectivity index (χ0v) is 15.1. The molecule has 0 saturated carbocycles. The zero-order chi connectivity index (χ0) is 17.9. The molecule has 0 radical (unpaired) electrons. The van der Waals surface area contributed by atoms with E-state index in [1.165, 1.54) is 23.2 Å². The molecule has 26 heavy (non-hydrogen) atoms. The third kappa shape index (κ3) is 3.59. The largest absolute Gasteiger partial charge is 0.488 e. The van der Waals surface area contributed by atoms with E-state index < -0.39 is 0 Å². The van der Waals surface area contributed by atoms with Gasteiger partial charge >= 0.3 is 0 Å². The summed E-state index contributed by atoms with van der Waals surface area (Å²) < 4.78 is 5.85. The highest BCUT2D eigenvalue weighted by Crippen LogP contribution is 2.28. The summed E-state index contributed by atoms with van der Waals surface area (Å²) in [5.41, 5.74) is 4.94. The maximum Gasteiger partial charge on any atom is 0.244 e. The molecule has 0 spiro atoms. The Hall–Kier alpha value is -2.75. The van der Waals surface area contributed by atoms with Gasteiger partial charge in [-0.3, -0.25) is 4.79 Å². The highest BCUT2D eigenvalue weighted by molar-refractivity contribution is 5.91. The molecule has 0 aliphatic carbocycles. The number of fused-ring (bicyclic) bond motifs is 2. The van der Waals surface area contributed by atoms with E-state index in [1.54, 1.807) is 6.08 Å². The van der Waals surface area contributed by atoms with Crippen molar-refractivity contribution in [2.45, 2.75) is 25.4 Å². The van der Waals surface area contributed by atoms with Crippen molar-refractivity contribution in [1.82, 2.24) is 5.32 Å². The van der Waals surface area contributed by atoms with Crippen LogP contribution in [0, 0.1) is 0 Å². The summed E-state index contributed by atoms with van der Waals surface area (Å²) in [6.07, 6.45) is 6.64. The number of rotatable bonds is 4. The van der Waals surface area contributed by atoms with Gasteiger partial charge in [-0.1, -0.05) is 24.3 Å². The molecule has 0 unspecified atom stereocenters. The fraction of sp³-hybridized carbons (Fsp3) is 0.318. The number of carbonyl (C=O) groups excluding carboxylic acids is 1. The number of nitrogens with one attached hydrogen (secondary N) is 1. The molecule has 4 heteroatoms. The molecule has 1 atom stereocenters. The first-order valence-electron chi connectivity index (χ1n) is 9.23. The average Bonchev–Trinajstić information content (AvgIpc) is 3.08. The number of para-hydroxylation sites is 1. The second-order valence-corrected chi connectivity index (χ2v) is 7.04. The van der Waals surface area contributed by atoms with E-state index in [9.17, 15) is 4.79 Å². The lowest BCUT2D eigenvalue weighted by molar-refractivity contribution is -0.116. The number of nitrogens with zero attached hydrogens (tertiary/aromatic N) is 1. The van der Waals surface area contributed by atoms with Gasteiger partial charge in [0.05, 0.1) is 6.54 Å². The molecule has 4 rings (SSSR count). The summed E-state index contributed by atoms with van der Waals surface area (Å²) in [6.45, 7) is 1.63. The Bertz CT molecular complexity index is 819. The number of hydrogen-bond donors (Lipinski definition) is 1. The molecule has 2 aromatic rings. The van der Waals surface area contributed by atoms with Crippen LogP contribution in [0.4, 0.5) is 5.69 Å². The van der Waals surface area contributed by atoms with E-state index in [4.69, 9.17) is 4.74 Å². The molecule has 4 nitrogen and oxygen atoms in total. The summed E-state index contributed by atoms with van der Waals surface area (Å²) in [5.74, 6) is 0.848. The predicted molar refractivity (Wildman–Crippen MR) is 105 cm³/mol. The van der Waals surface area contributed by atoms with E-state index in [0.717, 1.165) is 30.7 Å². The van der Waals surface area contributed by atoms with E-state index in [0.29, 0.717) is 6.54 Å². The second kappa shape index (κ2) is 7.24. The number of anilines is 1. The number of ether oxygens (including phenoxy) is 1. The van der Waals surface area contributed by atoms with Gasteiger partial charge in [-0.25, -0.2) is 0 Å². The number of carbonyl (C=O) groups is 1. The summed E-state index contributed by atoms with van der Waals surface area (Å²) >= 11 is 0. The maximum absolute atomic E-state index is 12.1. The van der Waals surface area contributed by atoms with E-state index >= 15 is 0 Å². The molecule has 1 amide bonds. The van der Waals surface area contributed by atoms with Crippen molar-refractivity contribution in [2.24, 2.45) is 0 Å². The van der Waals surface area contributed by atoms with Crippen molar-refractivity contribution >= 4 is 17.7 Å². The lowest BCUT2D eigenvalue weighted by Crippen LogP contribution is -2.33. The molecule has 2 aliphatic heterocycles. The van der Waals surface area contributed by atoms with E-state index in [-0.39, 0.29) is 12.0 Å². The summed E-state index contributed by atoms with van der Waals surface area (Å²) in [4.78, 5) is 14.4. The van der Waals surface area contributed by atoms with Crippen LogP contribution in [0.3, 0.4) is 0 Å². The first-order chi connectivity index (χ1) is 12.7. The molecule has 134 valence electrons. The van der Waals surface area contributed by atoms with Gasteiger partial charge in [0, 0.05) is 31.8 Å². The van der Waals surface area contributed by atoms with Crippen molar-refractivity contribution in [1.29, 1.82) is 0 Å². The average molecular weight is 348 g/mol. The second-order valence-electron chi connectivity index (χ2n) is 7.04. The van der Waals surface area contributed by atoms with Crippen LogP contribution in [-0.4, -0.2) is 32.1 Å². The molecule has 2 aromatic carbocycles. The Labute approximate surface area is 154 Å². The van der Waals surface area contributed by atoms with Crippen LogP contribution in [0.5, 0.6) is 5.75 Å². The standard InChI is InChI=1S/C22H24N2O2/c1-24-12-4-6-17-13-16(8-10-20(17)24)9-11-22(25)23-15-19-14-18-5-2-3-7-21(18)26-19/h2-3,5,7-11,13,19H,4,6,12,14-15H2,1H3,(H,23,25)/b11-9+/t19-/m0/s1. The van der Waals surface area contributed by atoms with Crippen LogP contribution < -0.4 is 15.0 Å². The third-order valence-electron chi connectivity index (χ3n) is 5.10. The predicted octanol–water partition coefficient (Wildman–Crippen LogP) is 3.20. The lowest BCUT2D eigenvalue weighted by atomic mass is 9.99. The van der Waals surface area contributed by atoms with Crippen LogP contribution in [0.25, 0.3) is 6.08 Å². The van der Waals surface area contributed by atoms with Gasteiger partial charge in [0.1, 0.15) is 11.9 Å². The summed E-state index contributed by atoms with van der Waals surface area (Å²) in [7, 11) is 2.13. The van der Waals surface area contributed by atoms with Crippen LogP contribution in [0.1, 0.15) is 23.1 Å². The molecular formula is C22H24N2O2. The van der Waals surface area contributed by atoms with Crippen LogP contribution in [0.2, 0.25) is 0 Å². The molecule has 0 saturated heterocycles. The monoisotopic (exact) mass is 348 g/mol. The molecule has 1 N–H and O–H groups in total. The SMILES string of the molecule is CN1CCCc2cc(/C=C/C(=O)NC[C@@H]3Cc4ccccc4O3)ccc21. The van der Waals surface area contributed by atoms with Crippen molar-refractivity contribution in [3.8, 4) is 5.75 Å². The van der Waals surface area contributed by atoms with Gasteiger partial charge in [0.15, 0.2) is 0 Å². The summed E-state index contributed by atoms with van der Waals surface area (Å²) in [5, 5.41) is 2.94. The van der Waals surface area contributed by atoms with Gasteiger partial charge < -0.3 is 15.0 Å². The first kappa shape index (κ1) is 16.7. The van der Waals surface area contributed by atoms with E-state index in [2.05, 4.69) is 41.5 Å². The quantitative estimate of drug-likeness (QED) is 0.863. The lowest BCUT2D eigenvalue weighted by Gasteiger charge is -2.27. The Morgan fingerprint density at radius 1 is 1.27 bits per heavy atom. The Kier molecular flexibility index (Phi) is 4.65. The fourth-order valence-electron chi connectivity index (χ4n) is 3.72. The van der Waals surface area contributed by atoms with Gasteiger partial charge in [-0.2, -0.15) is 0 Å². The van der Waals surface area contributed by atoms with Gasteiger partial charge in [0.25, 0.3) is 0 Å². The Balaban J connectivity index is 1.31. The highest BCUT2D eigenvalue weighted by atomic mass is 16.5. The number of hydrogen-bond acceptors (Lipinski definition) is 3. The topological polar surface area (TPSA) is 41.6 Å². The molecule has 0 bridgehead atoms. The van der Waals surface area contributed by atoms with Gasteiger partial charge in [0.2, 0.25) is 5.91 Å². The van der Waals surface area contributed by atoms with Crippen LogP contribution in [0.15, 0.2) is 48.5 Å². The maximum atomic E-state index is 12.1. The fourth-order valence-corrected chi connectivity index (χ4v) is 3.72. The van der Waals surface area contributed by atoms with Crippen molar-refractivity contribution in [3.63, 3.8) is 0 Å². The number of amides is 1. The Morgan fingerprint density at radius 3 is 3.04 bits per heavy atom. The first-order valence-corrected chi connectivity index (χ1v) is 9.23. The van der Waals surface area contributed by atoms with Crippen molar-refractivity contribution in [3.05, 3.63) is 65.2 Å². The molecule has 0 fully saturated rings. The molecule has 2 heterocycles. The molecule has 2 aliphatic rings. The highest BCUT2D eigenvalue weighted by Gasteiger charge is 2.22. The smallest absolute Gasteiger partial charge is 0.244 e. The minimum atomic E-state index is -0.0839. The van der Waals surface area contributed by atoms with Gasteiger partial charge in [-0.05, 0) is 53.8 Å². The molecular weight excluding hydrogens is 324 g/mol. The molecule has 0 aromatic heterocycles. The minimum absolute atomic E-state index is 0.0176. The van der Waals surface area contributed by atoms with Crippen LogP contribution >= 0.6 is 0 Å². The number of benzene rings is 2. The van der Waals surface area contributed by atoms with Gasteiger partial charge in [-0.15, -0.1) is 0 Å². The zero-order valence-electron chi connectivity index (χ0n) is 15.1. The Morgan fingerprint density at radius 2 is 2.15 bits per heavy atom. The van der Waals surface area contributed by atoms with Crippen LogP contribution in [-0.2, 0) is 17.6 Å². The minimum Gasteiger partial charge on any atom is -0.488 e. The van der Waals surface area contributed by atoms with Crippen molar-refractivity contribution in [2.75, 3.05) is 25.0 Å². The normalized spacial score (nSPS) is 18.3.